The van der Waals surface area contributed by atoms with Gasteiger partial charge in [0, 0.05) is 38.3 Å². The van der Waals surface area contributed by atoms with Crippen molar-refractivity contribution in [2.75, 3.05) is 26.3 Å². The van der Waals surface area contributed by atoms with Crippen LogP contribution in [0.5, 0.6) is 0 Å². The molecule has 1 aromatic heterocycles. The molecule has 0 N–H and O–H groups in total. The highest BCUT2D eigenvalue weighted by Gasteiger charge is 2.30. The molecule has 0 amide bonds. The van der Waals surface area contributed by atoms with Crippen LogP contribution in [-0.2, 0) is 26.7 Å². The van der Waals surface area contributed by atoms with E-state index in [0.29, 0.717) is 29.8 Å². The minimum atomic E-state index is -3.48. The molecular weight excluding hydrogens is 398 g/mol. The lowest BCUT2D eigenvalue weighted by Crippen LogP contribution is -2.37. The molecule has 0 aliphatic carbocycles. The molecule has 30 heavy (non-hydrogen) atoms. The molecule has 2 aliphatic heterocycles. The van der Waals surface area contributed by atoms with E-state index in [1.54, 1.807) is 16.4 Å². The van der Waals surface area contributed by atoms with E-state index < -0.39 is 10.0 Å². The van der Waals surface area contributed by atoms with Crippen LogP contribution in [0.4, 0.5) is 0 Å². The van der Waals surface area contributed by atoms with Crippen LogP contribution in [-0.4, -0.2) is 48.6 Å². The Morgan fingerprint density at radius 3 is 2.40 bits per heavy atom. The van der Waals surface area contributed by atoms with Crippen molar-refractivity contribution in [2.45, 2.75) is 70.2 Å². The van der Waals surface area contributed by atoms with E-state index in [4.69, 9.17) is 9.72 Å². The fourth-order valence-corrected chi connectivity index (χ4v) is 6.08. The number of benzene rings is 1. The third-order valence-electron chi connectivity index (χ3n) is 6.55. The first kappa shape index (κ1) is 21.8. The van der Waals surface area contributed by atoms with Gasteiger partial charge in [0.05, 0.1) is 15.9 Å². The number of nitrogens with zero attached hydrogens (tertiary/aromatic N) is 3. The van der Waals surface area contributed by atoms with Crippen LogP contribution >= 0.6 is 0 Å². The predicted octanol–water partition coefficient (Wildman–Crippen LogP) is 4.18. The largest absolute Gasteiger partial charge is 0.381 e. The van der Waals surface area contributed by atoms with Gasteiger partial charge < -0.3 is 9.30 Å². The second kappa shape index (κ2) is 8.24. The van der Waals surface area contributed by atoms with E-state index >= 15 is 0 Å². The van der Waals surface area contributed by atoms with Gasteiger partial charge >= 0.3 is 0 Å². The molecule has 2 fully saturated rings. The molecule has 0 radical (unpaired) electrons. The van der Waals surface area contributed by atoms with Gasteiger partial charge in [0.15, 0.2) is 0 Å². The van der Waals surface area contributed by atoms with Crippen LogP contribution in [0.3, 0.4) is 0 Å². The Labute approximate surface area is 180 Å². The highest BCUT2D eigenvalue weighted by atomic mass is 32.2. The lowest BCUT2D eigenvalue weighted by Gasteiger charge is -2.29. The van der Waals surface area contributed by atoms with Crippen LogP contribution in [0.25, 0.3) is 11.0 Å². The van der Waals surface area contributed by atoms with Crippen LogP contribution in [0.1, 0.15) is 59.2 Å². The zero-order valence-corrected chi connectivity index (χ0v) is 19.5. The van der Waals surface area contributed by atoms with E-state index in [-0.39, 0.29) is 5.41 Å². The van der Waals surface area contributed by atoms with Crippen molar-refractivity contribution >= 4 is 21.1 Å². The normalized spacial score (nSPS) is 20.8. The Kier molecular flexibility index (Phi) is 5.99. The Balaban J connectivity index is 1.70. The summed E-state index contributed by atoms with van der Waals surface area (Å²) in [4.78, 5) is 5.29. The third kappa shape index (κ3) is 4.30. The molecule has 1 aromatic carbocycles. The number of rotatable bonds is 4. The van der Waals surface area contributed by atoms with Crippen molar-refractivity contribution in [1.82, 2.24) is 13.9 Å². The van der Waals surface area contributed by atoms with Gasteiger partial charge in [-0.05, 0) is 55.7 Å². The summed E-state index contributed by atoms with van der Waals surface area (Å²) in [6.45, 7) is 12.4. The molecule has 4 rings (SSSR count). The third-order valence-corrected chi connectivity index (χ3v) is 8.45. The number of aromatic nitrogens is 2. The molecule has 3 heterocycles. The molecular formula is C23H35N3O3S. The Bertz CT molecular complexity index is 993. The molecule has 2 saturated heterocycles. The van der Waals surface area contributed by atoms with Gasteiger partial charge in [-0.3, -0.25) is 0 Å². The summed E-state index contributed by atoms with van der Waals surface area (Å²) in [7, 11) is -3.48. The number of imidazole rings is 1. The highest BCUT2D eigenvalue weighted by molar-refractivity contribution is 7.89. The van der Waals surface area contributed by atoms with Gasteiger partial charge in [0.1, 0.15) is 5.82 Å². The first-order valence-electron chi connectivity index (χ1n) is 11.2. The van der Waals surface area contributed by atoms with Crippen molar-refractivity contribution in [1.29, 1.82) is 0 Å². The molecule has 0 spiro atoms. The molecule has 166 valence electrons. The summed E-state index contributed by atoms with van der Waals surface area (Å²) in [6.07, 6.45) is 3.97. The second-order valence-electron chi connectivity index (χ2n) is 10.1. The lowest BCUT2D eigenvalue weighted by atomic mass is 9.94. The molecule has 0 unspecified atom stereocenters. The van der Waals surface area contributed by atoms with E-state index in [2.05, 4.69) is 32.3 Å². The maximum atomic E-state index is 13.2. The maximum Gasteiger partial charge on any atom is 0.243 e. The monoisotopic (exact) mass is 433 g/mol. The van der Waals surface area contributed by atoms with Gasteiger partial charge in [0.2, 0.25) is 10.0 Å². The van der Waals surface area contributed by atoms with Gasteiger partial charge in [-0.25, -0.2) is 13.4 Å². The fourth-order valence-electron chi connectivity index (χ4n) is 4.59. The quantitative estimate of drug-likeness (QED) is 0.726. The molecule has 0 bridgehead atoms. The average molecular weight is 434 g/mol. The molecule has 6 nitrogen and oxygen atoms in total. The number of fused-ring (bicyclic) bond motifs is 1. The SMILES string of the molecule is CC1CCN(S(=O)(=O)c2ccc3c(c2)nc(C(C)(C)C)n3CC2CCOCC2)CC1. The number of ether oxygens (including phenoxy) is 1. The standard InChI is InChI=1S/C23H35N3O3S/c1-17-7-11-25(12-8-17)30(27,28)19-5-6-21-20(15-19)24-22(23(2,3)4)26(21)16-18-9-13-29-14-10-18/h5-6,15,17-18H,7-14,16H2,1-4H3. The summed E-state index contributed by atoms with van der Waals surface area (Å²) in [5.41, 5.74) is 1.68. The van der Waals surface area contributed by atoms with Crippen LogP contribution < -0.4 is 0 Å². The van der Waals surface area contributed by atoms with E-state index in [0.717, 1.165) is 62.3 Å². The first-order valence-corrected chi connectivity index (χ1v) is 12.7. The number of hydrogen-bond acceptors (Lipinski definition) is 4. The van der Waals surface area contributed by atoms with Crippen molar-refractivity contribution in [3.05, 3.63) is 24.0 Å². The Morgan fingerprint density at radius 1 is 1.10 bits per heavy atom. The van der Waals surface area contributed by atoms with Crippen molar-refractivity contribution in [3.8, 4) is 0 Å². The minimum absolute atomic E-state index is 0.119. The van der Waals surface area contributed by atoms with Crippen LogP contribution in [0.15, 0.2) is 23.1 Å². The van der Waals surface area contributed by atoms with Gasteiger partial charge in [-0.1, -0.05) is 27.7 Å². The summed E-state index contributed by atoms with van der Waals surface area (Å²) < 4.78 is 35.9. The number of sulfonamides is 1. The zero-order valence-electron chi connectivity index (χ0n) is 18.7. The van der Waals surface area contributed by atoms with Crippen LogP contribution in [0, 0.1) is 11.8 Å². The zero-order chi connectivity index (χ0) is 21.5. The number of hydrogen-bond donors (Lipinski definition) is 0. The molecule has 7 heteroatoms. The average Bonchev–Trinajstić information content (AvgIpc) is 3.07. The first-order chi connectivity index (χ1) is 14.2. The summed E-state index contributed by atoms with van der Waals surface area (Å²) in [5.74, 6) is 2.18. The predicted molar refractivity (Wildman–Crippen MR) is 119 cm³/mol. The highest BCUT2D eigenvalue weighted by Crippen LogP contribution is 2.31. The maximum absolute atomic E-state index is 13.2. The Hall–Kier alpha value is -1.44. The number of piperidine rings is 1. The molecule has 0 atom stereocenters. The summed E-state index contributed by atoms with van der Waals surface area (Å²) in [5, 5.41) is 0. The summed E-state index contributed by atoms with van der Waals surface area (Å²) in [6, 6.07) is 5.50. The van der Waals surface area contributed by atoms with Crippen LogP contribution in [0.2, 0.25) is 0 Å². The molecule has 0 saturated carbocycles. The summed E-state index contributed by atoms with van der Waals surface area (Å²) >= 11 is 0. The second-order valence-corrected chi connectivity index (χ2v) is 12.0. The van der Waals surface area contributed by atoms with Crippen molar-refractivity contribution in [2.24, 2.45) is 11.8 Å². The molecule has 2 aliphatic rings. The topological polar surface area (TPSA) is 64.4 Å². The minimum Gasteiger partial charge on any atom is -0.381 e. The van der Waals surface area contributed by atoms with E-state index in [1.165, 1.54) is 0 Å². The molecule has 2 aromatic rings. The van der Waals surface area contributed by atoms with E-state index in [9.17, 15) is 8.42 Å². The fraction of sp³-hybridized carbons (Fsp3) is 0.696. The van der Waals surface area contributed by atoms with E-state index in [1.807, 2.05) is 6.07 Å². The lowest BCUT2D eigenvalue weighted by molar-refractivity contribution is 0.0611. The van der Waals surface area contributed by atoms with Crippen molar-refractivity contribution < 1.29 is 13.2 Å². The smallest absolute Gasteiger partial charge is 0.243 e. The Morgan fingerprint density at radius 2 is 1.77 bits per heavy atom. The van der Waals surface area contributed by atoms with Gasteiger partial charge in [-0.15, -0.1) is 0 Å². The van der Waals surface area contributed by atoms with Gasteiger partial charge in [0.25, 0.3) is 0 Å². The van der Waals surface area contributed by atoms with Crippen molar-refractivity contribution in [3.63, 3.8) is 0 Å². The van der Waals surface area contributed by atoms with Gasteiger partial charge in [-0.2, -0.15) is 4.31 Å².